The average molecular weight is 216 g/mol. The number of carbonyl (C=O) groups is 2. The van der Waals surface area contributed by atoms with Crippen molar-refractivity contribution < 1.29 is 14.7 Å². The summed E-state index contributed by atoms with van der Waals surface area (Å²) in [6.45, 7) is 0. The third-order valence-electron chi connectivity index (χ3n) is 1.64. The number of nitrogens with two attached hydrogens (primary N) is 1. The van der Waals surface area contributed by atoms with E-state index in [1.165, 1.54) is 0 Å². The Morgan fingerprint density at radius 2 is 2.36 bits per heavy atom. The topological polar surface area (TPSA) is 108 Å². The van der Waals surface area contributed by atoms with Crippen LogP contribution in [0.25, 0.3) is 0 Å². The van der Waals surface area contributed by atoms with Crippen LogP contribution in [0, 0.1) is 0 Å². The van der Waals surface area contributed by atoms with Crippen molar-refractivity contribution >= 4 is 29.2 Å². The minimum absolute atomic E-state index is 0.0774. The standard InChI is InChI=1S/C6H8N4O3S/c7-10-5(13)3(1-2-4(11)12)8-9-6(10)14/h3H,1-2,7H2,(H,11,12). The monoisotopic (exact) mass is 216 g/mol. The van der Waals surface area contributed by atoms with Crippen molar-refractivity contribution in [2.45, 2.75) is 18.9 Å². The first kappa shape index (κ1) is 10.7. The van der Waals surface area contributed by atoms with Crippen LogP contribution in [0.15, 0.2) is 10.2 Å². The zero-order chi connectivity index (χ0) is 10.7. The van der Waals surface area contributed by atoms with Crippen molar-refractivity contribution in [1.82, 2.24) is 5.01 Å². The molecule has 0 spiro atoms. The van der Waals surface area contributed by atoms with Crippen molar-refractivity contribution in [3.05, 3.63) is 0 Å². The van der Waals surface area contributed by atoms with Gasteiger partial charge in [-0.1, -0.05) is 0 Å². The Hall–Kier alpha value is -1.41. The number of hydrogen-bond acceptors (Lipinski definition) is 5. The summed E-state index contributed by atoms with van der Waals surface area (Å²) in [5.41, 5.74) is 0. The molecule has 1 aliphatic rings. The first-order valence-corrected chi connectivity index (χ1v) is 4.18. The number of azo groups is 1. The predicted octanol–water partition coefficient (Wildman–Crippen LogP) is -0.327. The molecular formula is C6H8N4O3S. The fraction of sp³-hybridized carbons (Fsp3) is 0.500. The first-order chi connectivity index (χ1) is 6.52. The molecule has 1 heterocycles. The van der Waals surface area contributed by atoms with E-state index in [0.717, 1.165) is 0 Å². The van der Waals surface area contributed by atoms with E-state index in [-0.39, 0.29) is 18.0 Å². The number of carboxylic acids is 1. The van der Waals surface area contributed by atoms with E-state index in [4.69, 9.17) is 10.9 Å². The summed E-state index contributed by atoms with van der Waals surface area (Å²) < 4.78 is 0. The number of hydrazine groups is 1. The summed E-state index contributed by atoms with van der Waals surface area (Å²) in [7, 11) is 0. The van der Waals surface area contributed by atoms with E-state index in [1.807, 2.05) is 0 Å². The second kappa shape index (κ2) is 4.20. The van der Waals surface area contributed by atoms with Crippen LogP contribution >= 0.6 is 12.2 Å². The number of aliphatic carboxylic acids is 1. The highest BCUT2D eigenvalue weighted by Crippen LogP contribution is 2.11. The second-order valence-electron chi connectivity index (χ2n) is 2.65. The Kier molecular flexibility index (Phi) is 3.20. The van der Waals surface area contributed by atoms with Gasteiger partial charge in [0.2, 0.25) is 5.11 Å². The van der Waals surface area contributed by atoms with Gasteiger partial charge in [-0.25, -0.2) is 10.9 Å². The number of thiocarbonyl (C=S) groups is 1. The molecule has 0 aliphatic carbocycles. The summed E-state index contributed by atoms with van der Waals surface area (Å²) in [6, 6.07) is -0.831. The fourth-order valence-electron chi connectivity index (χ4n) is 0.913. The average Bonchev–Trinajstić information content (AvgIpc) is 2.13. The van der Waals surface area contributed by atoms with Crippen LogP contribution < -0.4 is 5.84 Å². The molecule has 1 rings (SSSR count). The van der Waals surface area contributed by atoms with Gasteiger partial charge in [0.1, 0.15) is 0 Å². The Morgan fingerprint density at radius 3 is 2.93 bits per heavy atom. The molecule has 1 amide bonds. The third-order valence-corrected chi connectivity index (χ3v) is 1.92. The van der Waals surface area contributed by atoms with E-state index in [0.29, 0.717) is 5.01 Å². The van der Waals surface area contributed by atoms with Crippen molar-refractivity contribution in [3.63, 3.8) is 0 Å². The highest BCUT2D eigenvalue weighted by molar-refractivity contribution is 7.80. The summed E-state index contributed by atoms with van der Waals surface area (Å²) >= 11 is 4.60. The normalized spacial score (nSPS) is 21.5. The molecule has 3 N–H and O–H groups in total. The molecular weight excluding hydrogens is 208 g/mol. The second-order valence-corrected chi connectivity index (χ2v) is 3.02. The van der Waals surface area contributed by atoms with E-state index < -0.39 is 17.9 Å². The van der Waals surface area contributed by atoms with Crippen LogP contribution in [-0.2, 0) is 9.59 Å². The number of amides is 1. The smallest absolute Gasteiger partial charge is 0.303 e. The number of nitrogens with zero attached hydrogens (tertiary/aromatic N) is 3. The van der Waals surface area contributed by atoms with Gasteiger partial charge in [-0.3, -0.25) is 9.59 Å². The van der Waals surface area contributed by atoms with E-state index in [1.54, 1.807) is 0 Å². The molecule has 1 unspecified atom stereocenters. The van der Waals surface area contributed by atoms with Gasteiger partial charge in [0.05, 0.1) is 0 Å². The highest BCUT2D eigenvalue weighted by atomic mass is 32.1. The highest BCUT2D eigenvalue weighted by Gasteiger charge is 2.29. The zero-order valence-electron chi connectivity index (χ0n) is 7.08. The fourth-order valence-corrected chi connectivity index (χ4v) is 1.05. The molecule has 1 aliphatic heterocycles. The molecule has 1 atom stereocenters. The van der Waals surface area contributed by atoms with Gasteiger partial charge in [0, 0.05) is 6.42 Å². The van der Waals surface area contributed by atoms with Crippen LogP contribution in [-0.4, -0.2) is 33.1 Å². The molecule has 0 radical (unpaired) electrons. The maximum Gasteiger partial charge on any atom is 0.303 e. The molecule has 76 valence electrons. The van der Waals surface area contributed by atoms with Gasteiger partial charge >= 0.3 is 5.97 Å². The quantitative estimate of drug-likeness (QED) is 0.381. The lowest BCUT2D eigenvalue weighted by atomic mass is 10.1. The Labute approximate surface area is 84.6 Å². The molecule has 0 aromatic heterocycles. The summed E-state index contributed by atoms with van der Waals surface area (Å²) in [5.74, 6) is 3.74. The van der Waals surface area contributed by atoms with Crippen molar-refractivity contribution in [1.29, 1.82) is 0 Å². The molecule has 0 aromatic carbocycles. The minimum Gasteiger partial charge on any atom is -0.481 e. The molecule has 8 heteroatoms. The Balaban J connectivity index is 2.63. The van der Waals surface area contributed by atoms with Gasteiger partial charge < -0.3 is 5.11 Å². The summed E-state index contributed by atoms with van der Waals surface area (Å²) in [5, 5.41) is 16.0. The van der Waals surface area contributed by atoms with Crippen molar-refractivity contribution in [2.24, 2.45) is 16.1 Å². The lowest BCUT2D eigenvalue weighted by molar-refractivity contribution is -0.137. The van der Waals surface area contributed by atoms with Crippen LogP contribution in [0.3, 0.4) is 0 Å². The summed E-state index contributed by atoms with van der Waals surface area (Å²) in [4.78, 5) is 21.6. The molecule has 0 fully saturated rings. The number of carbonyl (C=O) groups excluding carboxylic acids is 1. The molecule has 0 saturated heterocycles. The van der Waals surface area contributed by atoms with Crippen LogP contribution in [0.4, 0.5) is 0 Å². The molecule has 0 aromatic rings. The maximum absolute atomic E-state index is 11.3. The lowest BCUT2D eigenvalue weighted by Crippen LogP contribution is -2.48. The van der Waals surface area contributed by atoms with Gasteiger partial charge in [-0.2, -0.15) is 5.11 Å². The van der Waals surface area contributed by atoms with Crippen LogP contribution in [0.5, 0.6) is 0 Å². The summed E-state index contributed by atoms with van der Waals surface area (Å²) in [6.07, 6.45) is -0.0794. The van der Waals surface area contributed by atoms with Gasteiger partial charge in [-0.05, 0) is 18.6 Å². The first-order valence-electron chi connectivity index (χ1n) is 3.77. The van der Waals surface area contributed by atoms with Gasteiger partial charge in [0.15, 0.2) is 6.04 Å². The third kappa shape index (κ3) is 2.30. The minimum atomic E-state index is -0.996. The van der Waals surface area contributed by atoms with Gasteiger partial charge in [-0.15, -0.1) is 5.11 Å². The molecule has 7 nitrogen and oxygen atoms in total. The molecule has 0 saturated carbocycles. The van der Waals surface area contributed by atoms with Crippen molar-refractivity contribution in [2.75, 3.05) is 0 Å². The number of rotatable bonds is 3. The van der Waals surface area contributed by atoms with E-state index in [2.05, 4.69) is 22.4 Å². The van der Waals surface area contributed by atoms with E-state index in [9.17, 15) is 9.59 Å². The maximum atomic E-state index is 11.3. The van der Waals surface area contributed by atoms with Gasteiger partial charge in [0.25, 0.3) is 5.91 Å². The molecule has 0 bridgehead atoms. The van der Waals surface area contributed by atoms with Crippen molar-refractivity contribution in [3.8, 4) is 0 Å². The number of carboxylic acid groups (broad SMARTS) is 1. The molecule has 14 heavy (non-hydrogen) atoms. The zero-order valence-corrected chi connectivity index (χ0v) is 7.90. The lowest BCUT2D eigenvalue weighted by Gasteiger charge is -2.21. The van der Waals surface area contributed by atoms with Crippen LogP contribution in [0.1, 0.15) is 12.8 Å². The van der Waals surface area contributed by atoms with Crippen LogP contribution in [0.2, 0.25) is 0 Å². The van der Waals surface area contributed by atoms with E-state index >= 15 is 0 Å². The predicted molar refractivity (Wildman–Crippen MR) is 49.1 cm³/mol. The Morgan fingerprint density at radius 1 is 1.71 bits per heavy atom. The number of hydrogen-bond donors (Lipinski definition) is 2. The largest absolute Gasteiger partial charge is 0.481 e. The SMILES string of the molecule is NN1C(=O)C(CCC(=O)O)N=NC1=S. The Bertz CT molecular complexity index is 316.